The molecule has 1 atom stereocenters. The Morgan fingerprint density at radius 2 is 1.78 bits per heavy atom. The van der Waals surface area contributed by atoms with Gasteiger partial charge in [0.15, 0.2) is 5.92 Å². The lowest BCUT2D eigenvalue weighted by molar-refractivity contribution is -0.152. The molecule has 1 unspecified atom stereocenters. The van der Waals surface area contributed by atoms with Crippen molar-refractivity contribution >= 4 is 46.5 Å². The molecule has 0 aliphatic heterocycles. The predicted molar refractivity (Wildman–Crippen MR) is 151 cm³/mol. The largest absolute Gasteiger partial charge is 0.459 e. The average molecular weight is 568 g/mol. The third-order valence-electron chi connectivity index (χ3n) is 6.41. The molecule has 0 saturated heterocycles. The van der Waals surface area contributed by atoms with E-state index in [0.29, 0.717) is 45.3 Å². The number of carbonyl (C=O) groups is 4. The van der Waals surface area contributed by atoms with Crippen LogP contribution in [0.25, 0.3) is 16.9 Å². The highest BCUT2D eigenvalue weighted by molar-refractivity contribution is 6.37. The maximum atomic E-state index is 13.7. The number of rotatable bonds is 7. The van der Waals surface area contributed by atoms with Gasteiger partial charge in [-0.2, -0.15) is 10.4 Å². The van der Waals surface area contributed by atoms with E-state index in [2.05, 4.69) is 15.7 Å². The second kappa shape index (κ2) is 11.5. The number of benzene rings is 3. The molecule has 0 bridgehead atoms. The summed E-state index contributed by atoms with van der Waals surface area (Å²) in [7, 11) is 0. The van der Waals surface area contributed by atoms with Crippen molar-refractivity contribution in [1.29, 1.82) is 5.26 Å². The van der Waals surface area contributed by atoms with Crippen LogP contribution in [0.1, 0.15) is 28.5 Å². The van der Waals surface area contributed by atoms with Gasteiger partial charge in [0, 0.05) is 33.9 Å². The van der Waals surface area contributed by atoms with E-state index in [1.165, 1.54) is 6.07 Å². The number of anilines is 2. The number of esters is 1. The molecule has 3 aromatic carbocycles. The zero-order valence-electron chi connectivity index (χ0n) is 21.7. The molecule has 204 valence electrons. The topological polar surface area (TPSA) is 143 Å². The van der Waals surface area contributed by atoms with Crippen molar-refractivity contribution in [2.24, 2.45) is 5.92 Å². The normalized spacial score (nSPS) is 11.9. The fourth-order valence-electron chi connectivity index (χ4n) is 4.60. The Bertz CT molecular complexity index is 1740. The van der Waals surface area contributed by atoms with Gasteiger partial charge in [-0.05, 0) is 55.0 Å². The van der Waals surface area contributed by atoms with Crippen LogP contribution in [-0.2, 0) is 25.5 Å². The summed E-state index contributed by atoms with van der Waals surface area (Å²) in [4.78, 5) is 50.7. The molecular weight excluding hydrogens is 546 g/mol. The smallest absolute Gasteiger partial charge is 0.397 e. The summed E-state index contributed by atoms with van der Waals surface area (Å²) in [5, 5.41) is 19.9. The minimum atomic E-state index is -1.67. The number of hydrogen-bond donors (Lipinski definition) is 2. The first-order valence-electron chi connectivity index (χ1n) is 12.6. The maximum Gasteiger partial charge on any atom is 0.397 e. The predicted octanol–water partition coefficient (Wildman–Crippen LogP) is 4.56. The first-order valence-corrected chi connectivity index (χ1v) is 13.0. The number of ketones is 1. The number of aromatic nitrogens is 2. The van der Waals surface area contributed by atoms with Gasteiger partial charge in [-0.1, -0.05) is 41.9 Å². The molecule has 11 heteroatoms. The van der Waals surface area contributed by atoms with Crippen molar-refractivity contribution in [1.82, 2.24) is 9.78 Å². The van der Waals surface area contributed by atoms with Gasteiger partial charge < -0.3 is 15.4 Å². The highest BCUT2D eigenvalue weighted by Gasteiger charge is 2.37. The number of halogens is 1. The van der Waals surface area contributed by atoms with Crippen LogP contribution in [0.4, 0.5) is 11.4 Å². The number of fused-ring (bicyclic) bond motifs is 3. The summed E-state index contributed by atoms with van der Waals surface area (Å²) in [6.45, 7) is 1.66. The van der Waals surface area contributed by atoms with Gasteiger partial charge in [0.25, 0.3) is 0 Å². The van der Waals surface area contributed by atoms with Gasteiger partial charge in [-0.25, -0.2) is 9.48 Å². The van der Waals surface area contributed by atoms with Gasteiger partial charge in [-0.3, -0.25) is 14.4 Å². The molecule has 0 spiro atoms. The molecule has 1 aliphatic carbocycles. The maximum absolute atomic E-state index is 13.7. The second-order valence-electron chi connectivity index (χ2n) is 9.07. The molecule has 1 heterocycles. The number of carbonyl (C=O) groups excluding carboxylic acids is 4. The molecule has 1 aliphatic rings. The van der Waals surface area contributed by atoms with E-state index in [9.17, 15) is 24.4 Å². The molecule has 2 amide bonds. The van der Waals surface area contributed by atoms with Crippen molar-refractivity contribution in [3.8, 4) is 23.0 Å². The lowest BCUT2D eigenvalue weighted by atomic mass is 9.98. The molecule has 41 heavy (non-hydrogen) atoms. The average Bonchev–Trinajstić information content (AvgIpc) is 3.51. The van der Waals surface area contributed by atoms with Crippen molar-refractivity contribution < 1.29 is 23.9 Å². The third kappa shape index (κ3) is 5.44. The van der Waals surface area contributed by atoms with Gasteiger partial charge in [0.2, 0.25) is 11.7 Å². The summed E-state index contributed by atoms with van der Waals surface area (Å²) < 4.78 is 6.34. The van der Waals surface area contributed by atoms with E-state index in [4.69, 9.17) is 16.3 Å². The van der Waals surface area contributed by atoms with Crippen molar-refractivity contribution in [2.75, 3.05) is 17.2 Å². The summed E-state index contributed by atoms with van der Waals surface area (Å²) in [6, 6.07) is 22.4. The number of hydrogen-bond acceptors (Lipinski definition) is 7. The van der Waals surface area contributed by atoms with E-state index in [1.54, 1.807) is 60.1 Å². The van der Waals surface area contributed by atoms with Gasteiger partial charge in [0.1, 0.15) is 5.69 Å². The van der Waals surface area contributed by atoms with E-state index in [-0.39, 0.29) is 12.3 Å². The van der Waals surface area contributed by atoms with Crippen molar-refractivity contribution in [2.45, 2.75) is 13.3 Å². The van der Waals surface area contributed by atoms with Crippen LogP contribution in [0.5, 0.6) is 0 Å². The number of nitrogens with one attached hydrogen (secondary N) is 2. The fourth-order valence-corrected chi connectivity index (χ4v) is 4.79. The van der Waals surface area contributed by atoms with Crippen LogP contribution >= 0.6 is 11.6 Å². The standard InChI is InChI=1S/C30H22ClN5O5/c1-2-41-30(40)29(39)34-20-12-11-17-13-23-25(35-36(26(23)22(17)15-20)21-9-4-3-5-10-21)27(37)24(16-32)28(38)33-19-8-6-7-18(31)14-19/h3-12,14-15,24H,2,13H2,1H3,(H,33,38)(H,34,39). The lowest BCUT2D eigenvalue weighted by Gasteiger charge is -2.11. The van der Waals surface area contributed by atoms with E-state index in [0.717, 1.165) is 5.56 Å². The number of ether oxygens (including phenoxy) is 1. The number of nitrogens with zero attached hydrogens (tertiary/aromatic N) is 3. The van der Waals surface area contributed by atoms with Crippen LogP contribution < -0.4 is 10.6 Å². The summed E-state index contributed by atoms with van der Waals surface area (Å²) in [5.74, 6) is -5.14. The van der Waals surface area contributed by atoms with Crippen LogP contribution in [0.3, 0.4) is 0 Å². The Labute approximate surface area is 239 Å². The molecule has 1 aromatic heterocycles. The first-order chi connectivity index (χ1) is 19.8. The second-order valence-corrected chi connectivity index (χ2v) is 9.51. The Hall–Kier alpha value is -5.27. The molecule has 4 aromatic rings. The van der Waals surface area contributed by atoms with Gasteiger partial charge >= 0.3 is 11.9 Å². The summed E-state index contributed by atoms with van der Waals surface area (Å²) >= 11 is 6.00. The minimum absolute atomic E-state index is 0.00930. The van der Waals surface area contributed by atoms with E-state index < -0.39 is 29.5 Å². The molecular formula is C30H22ClN5O5. The number of amides is 2. The van der Waals surface area contributed by atoms with Crippen LogP contribution in [0.2, 0.25) is 5.02 Å². The van der Waals surface area contributed by atoms with Crippen LogP contribution in [0, 0.1) is 17.2 Å². The summed E-state index contributed by atoms with van der Waals surface area (Å²) in [5.41, 5.74) is 3.96. The highest BCUT2D eigenvalue weighted by Crippen LogP contribution is 2.41. The zero-order valence-corrected chi connectivity index (χ0v) is 22.4. The van der Waals surface area contributed by atoms with Gasteiger partial charge in [0.05, 0.1) is 24.1 Å². The SMILES string of the molecule is CCOC(=O)C(=O)Nc1ccc2c(c1)-c1c(c(C(=O)C(C#N)C(=O)Nc3cccc(Cl)c3)nn1-c1ccccc1)C2. The molecule has 0 saturated carbocycles. The quantitative estimate of drug-likeness (QED) is 0.127. The third-order valence-corrected chi connectivity index (χ3v) is 6.65. The van der Waals surface area contributed by atoms with Crippen molar-refractivity contribution in [3.63, 3.8) is 0 Å². The number of nitriles is 1. The first kappa shape index (κ1) is 27.3. The fraction of sp³-hybridized carbons (Fsp3) is 0.133. The molecule has 0 fully saturated rings. The lowest BCUT2D eigenvalue weighted by Crippen LogP contribution is -2.29. The Morgan fingerprint density at radius 1 is 1.02 bits per heavy atom. The van der Waals surface area contributed by atoms with E-state index >= 15 is 0 Å². The number of para-hydroxylation sites is 1. The Morgan fingerprint density at radius 3 is 2.49 bits per heavy atom. The Balaban J connectivity index is 1.53. The van der Waals surface area contributed by atoms with Crippen LogP contribution in [-0.4, -0.2) is 40.0 Å². The van der Waals surface area contributed by atoms with Gasteiger partial charge in [-0.15, -0.1) is 0 Å². The molecule has 5 rings (SSSR count). The molecule has 0 radical (unpaired) electrons. The Kier molecular flexibility index (Phi) is 7.63. The van der Waals surface area contributed by atoms with E-state index in [1.807, 2.05) is 24.3 Å². The molecule has 10 nitrogen and oxygen atoms in total. The number of Topliss-reactive ketones (excluding diaryl/α,β-unsaturated/α-hetero) is 1. The minimum Gasteiger partial charge on any atom is -0.459 e. The van der Waals surface area contributed by atoms with Crippen molar-refractivity contribution in [3.05, 3.63) is 94.6 Å². The summed E-state index contributed by atoms with van der Waals surface area (Å²) in [6.07, 6.45) is 0.304. The highest BCUT2D eigenvalue weighted by atomic mass is 35.5. The monoisotopic (exact) mass is 567 g/mol. The van der Waals surface area contributed by atoms with Crippen LogP contribution in [0.15, 0.2) is 72.8 Å². The zero-order chi connectivity index (χ0) is 29.1. The molecule has 2 N–H and O–H groups in total.